The molecule has 0 aromatic heterocycles. The van der Waals surface area contributed by atoms with E-state index < -0.39 is 0 Å². The molecule has 148 valence electrons. The minimum Gasteiger partial charge on any atom is -0.366 e. The monoisotopic (exact) mass is 381 g/mol. The first-order valence-corrected chi connectivity index (χ1v) is 9.65. The van der Waals surface area contributed by atoms with E-state index >= 15 is 0 Å². The number of amides is 1. The van der Waals surface area contributed by atoms with E-state index in [-0.39, 0.29) is 27.9 Å². The standard InChI is InChI=1S/C22H27N3O3/c1-22(2,3)17-8-10-18(11-9-17)23-21(26)16-12-14-24(15-13-16)19-6-4-5-7-20(19)25(27)28/h4-11,16H,12-15H2,1-3H3,(H,23,26). The highest BCUT2D eigenvalue weighted by Gasteiger charge is 2.28. The van der Waals surface area contributed by atoms with Crippen molar-refractivity contribution < 1.29 is 9.72 Å². The number of hydrogen-bond donors (Lipinski definition) is 1. The van der Waals surface area contributed by atoms with Gasteiger partial charge in [-0.15, -0.1) is 0 Å². The quantitative estimate of drug-likeness (QED) is 0.613. The Balaban J connectivity index is 1.59. The van der Waals surface area contributed by atoms with Crippen LogP contribution in [0.3, 0.4) is 0 Å². The Morgan fingerprint density at radius 2 is 1.68 bits per heavy atom. The number of carbonyl (C=O) groups is 1. The first-order valence-electron chi connectivity index (χ1n) is 9.65. The molecule has 1 N–H and O–H groups in total. The van der Waals surface area contributed by atoms with E-state index in [2.05, 4.69) is 26.1 Å². The van der Waals surface area contributed by atoms with Gasteiger partial charge in [0.15, 0.2) is 0 Å². The lowest BCUT2D eigenvalue weighted by molar-refractivity contribution is -0.384. The van der Waals surface area contributed by atoms with Crippen LogP contribution in [0.4, 0.5) is 17.1 Å². The predicted molar refractivity (Wildman–Crippen MR) is 112 cm³/mol. The summed E-state index contributed by atoms with van der Waals surface area (Å²) in [5.41, 5.74) is 2.85. The minimum absolute atomic E-state index is 0.0192. The SMILES string of the molecule is CC(C)(C)c1ccc(NC(=O)C2CCN(c3ccccc3[N+](=O)[O-])CC2)cc1. The molecule has 0 atom stereocenters. The second-order valence-electron chi connectivity index (χ2n) is 8.32. The van der Waals surface area contributed by atoms with Gasteiger partial charge < -0.3 is 10.2 Å². The number of benzene rings is 2. The molecule has 0 aliphatic carbocycles. The van der Waals surface area contributed by atoms with Crippen LogP contribution in [0.5, 0.6) is 0 Å². The van der Waals surface area contributed by atoms with Crippen molar-refractivity contribution >= 4 is 23.0 Å². The van der Waals surface area contributed by atoms with Crippen molar-refractivity contribution in [3.8, 4) is 0 Å². The second-order valence-corrected chi connectivity index (χ2v) is 8.32. The number of nitro benzene ring substituents is 1. The Morgan fingerprint density at radius 1 is 1.07 bits per heavy atom. The van der Waals surface area contributed by atoms with Crippen LogP contribution in [0.1, 0.15) is 39.2 Å². The van der Waals surface area contributed by atoms with Crippen LogP contribution in [0.15, 0.2) is 48.5 Å². The van der Waals surface area contributed by atoms with Crippen LogP contribution < -0.4 is 10.2 Å². The van der Waals surface area contributed by atoms with E-state index in [0.717, 1.165) is 5.69 Å². The van der Waals surface area contributed by atoms with Crippen LogP contribution >= 0.6 is 0 Å². The van der Waals surface area contributed by atoms with Crippen molar-refractivity contribution in [3.05, 3.63) is 64.2 Å². The van der Waals surface area contributed by atoms with Gasteiger partial charge in [-0.2, -0.15) is 0 Å². The molecule has 0 spiro atoms. The van der Waals surface area contributed by atoms with Gasteiger partial charge in [0.2, 0.25) is 5.91 Å². The maximum absolute atomic E-state index is 12.6. The summed E-state index contributed by atoms with van der Waals surface area (Å²) in [6.45, 7) is 7.74. The molecular weight excluding hydrogens is 354 g/mol. The molecule has 6 heteroatoms. The number of piperidine rings is 1. The smallest absolute Gasteiger partial charge is 0.292 e. The molecule has 1 heterocycles. The summed E-state index contributed by atoms with van der Waals surface area (Å²) < 4.78 is 0. The maximum atomic E-state index is 12.6. The molecule has 1 amide bonds. The summed E-state index contributed by atoms with van der Waals surface area (Å²) in [5, 5.41) is 14.2. The molecule has 0 saturated carbocycles. The Labute approximate surface area is 165 Å². The van der Waals surface area contributed by atoms with E-state index in [0.29, 0.717) is 31.6 Å². The summed E-state index contributed by atoms with van der Waals surface area (Å²) in [6, 6.07) is 14.8. The summed E-state index contributed by atoms with van der Waals surface area (Å²) in [5.74, 6) is -0.0629. The van der Waals surface area contributed by atoms with Gasteiger partial charge in [0.05, 0.1) is 4.92 Å². The Morgan fingerprint density at radius 3 is 2.25 bits per heavy atom. The maximum Gasteiger partial charge on any atom is 0.292 e. The average molecular weight is 381 g/mol. The fourth-order valence-corrected chi connectivity index (χ4v) is 3.57. The highest BCUT2D eigenvalue weighted by molar-refractivity contribution is 5.92. The van der Waals surface area contributed by atoms with E-state index in [4.69, 9.17) is 0 Å². The lowest BCUT2D eigenvalue weighted by Gasteiger charge is -2.32. The van der Waals surface area contributed by atoms with Gasteiger partial charge in [0, 0.05) is 30.8 Å². The largest absolute Gasteiger partial charge is 0.366 e. The van der Waals surface area contributed by atoms with Gasteiger partial charge in [-0.1, -0.05) is 45.0 Å². The summed E-state index contributed by atoms with van der Waals surface area (Å²) in [7, 11) is 0. The predicted octanol–water partition coefficient (Wildman–Crippen LogP) is 4.75. The van der Waals surface area contributed by atoms with Crippen molar-refractivity contribution in [3.63, 3.8) is 0 Å². The molecule has 2 aromatic carbocycles. The molecule has 1 aliphatic rings. The number of nitro groups is 1. The molecule has 1 aliphatic heterocycles. The van der Waals surface area contributed by atoms with Crippen molar-refractivity contribution in [2.75, 3.05) is 23.3 Å². The second kappa shape index (κ2) is 8.00. The molecule has 0 radical (unpaired) electrons. The highest BCUT2D eigenvalue weighted by atomic mass is 16.6. The third kappa shape index (κ3) is 4.50. The van der Waals surface area contributed by atoms with Gasteiger partial charge in [-0.25, -0.2) is 0 Å². The molecule has 1 fully saturated rings. The van der Waals surface area contributed by atoms with Crippen molar-refractivity contribution in [2.24, 2.45) is 5.92 Å². The first kappa shape index (κ1) is 19.9. The van der Waals surface area contributed by atoms with Gasteiger partial charge in [-0.05, 0) is 42.0 Å². The van der Waals surface area contributed by atoms with Crippen LogP contribution in [0.25, 0.3) is 0 Å². The third-order valence-corrected chi connectivity index (χ3v) is 5.30. The lowest BCUT2D eigenvalue weighted by atomic mass is 9.87. The van der Waals surface area contributed by atoms with Crippen LogP contribution in [0.2, 0.25) is 0 Å². The molecule has 2 aromatic rings. The highest BCUT2D eigenvalue weighted by Crippen LogP contribution is 2.31. The summed E-state index contributed by atoms with van der Waals surface area (Å²) in [4.78, 5) is 25.5. The van der Waals surface area contributed by atoms with Gasteiger partial charge in [-0.3, -0.25) is 14.9 Å². The number of nitrogens with one attached hydrogen (secondary N) is 1. The zero-order chi connectivity index (χ0) is 20.3. The molecule has 0 bridgehead atoms. The van der Waals surface area contributed by atoms with E-state index in [1.165, 1.54) is 11.6 Å². The van der Waals surface area contributed by atoms with Crippen molar-refractivity contribution in [1.29, 1.82) is 0 Å². The topological polar surface area (TPSA) is 75.5 Å². The molecule has 6 nitrogen and oxygen atoms in total. The Kier molecular flexibility index (Phi) is 5.68. The molecule has 3 rings (SSSR count). The van der Waals surface area contributed by atoms with E-state index in [9.17, 15) is 14.9 Å². The lowest BCUT2D eigenvalue weighted by Crippen LogP contribution is -2.38. The third-order valence-electron chi connectivity index (χ3n) is 5.30. The molecule has 28 heavy (non-hydrogen) atoms. The van der Waals surface area contributed by atoms with Crippen molar-refractivity contribution in [1.82, 2.24) is 0 Å². The van der Waals surface area contributed by atoms with Crippen LogP contribution in [0, 0.1) is 16.0 Å². The first-order chi connectivity index (χ1) is 13.3. The molecular formula is C22H27N3O3. The van der Waals surface area contributed by atoms with E-state index in [1.54, 1.807) is 12.1 Å². The number of para-hydroxylation sites is 2. The van der Waals surface area contributed by atoms with Gasteiger partial charge in [0.25, 0.3) is 5.69 Å². The minimum atomic E-state index is -0.352. The number of carbonyl (C=O) groups excluding carboxylic acids is 1. The molecule has 0 unspecified atom stereocenters. The average Bonchev–Trinajstić information content (AvgIpc) is 2.68. The number of rotatable bonds is 4. The fourth-order valence-electron chi connectivity index (χ4n) is 3.57. The van der Waals surface area contributed by atoms with Crippen LogP contribution in [-0.4, -0.2) is 23.9 Å². The number of anilines is 2. The van der Waals surface area contributed by atoms with Crippen LogP contribution in [-0.2, 0) is 10.2 Å². The van der Waals surface area contributed by atoms with E-state index in [1.807, 2.05) is 35.2 Å². The zero-order valence-electron chi connectivity index (χ0n) is 16.6. The summed E-state index contributed by atoms with van der Waals surface area (Å²) >= 11 is 0. The molecule has 1 saturated heterocycles. The number of hydrogen-bond acceptors (Lipinski definition) is 4. The normalized spacial score (nSPS) is 15.3. The fraction of sp³-hybridized carbons (Fsp3) is 0.409. The summed E-state index contributed by atoms with van der Waals surface area (Å²) in [6.07, 6.45) is 1.36. The van der Waals surface area contributed by atoms with Gasteiger partial charge in [0.1, 0.15) is 5.69 Å². The Bertz CT molecular complexity index is 848. The zero-order valence-corrected chi connectivity index (χ0v) is 16.6. The van der Waals surface area contributed by atoms with Crippen molar-refractivity contribution in [2.45, 2.75) is 39.0 Å². The Hall–Kier alpha value is -2.89. The number of nitrogens with zero attached hydrogens (tertiary/aromatic N) is 2. The van der Waals surface area contributed by atoms with Gasteiger partial charge >= 0.3 is 0 Å².